The monoisotopic (exact) mass is 294 g/mol. The largest absolute Gasteiger partial charge is 0.464 e. The minimum atomic E-state index is -4.47. The lowest BCUT2D eigenvalue weighted by Crippen LogP contribution is -2.32. The van der Waals surface area contributed by atoms with Gasteiger partial charge in [0.25, 0.3) is 0 Å². The molecular formula is C10H9F3N2O3S. The molecule has 19 heavy (non-hydrogen) atoms. The maximum absolute atomic E-state index is 12.3. The summed E-state index contributed by atoms with van der Waals surface area (Å²) in [5.41, 5.74) is -0.446. The summed E-state index contributed by atoms with van der Waals surface area (Å²) < 4.78 is 42.9. The van der Waals surface area contributed by atoms with Crippen molar-refractivity contribution in [2.45, 2.75) is 18.6 Å². The molecule has 1 fully saturated rings. The Labute approximate surface area is 110 Å². The van der Waals surface area contributed by atoms with Crippen LogP contribution in [0.2, 0.25) is 0 Å². The molecule has 0 saturated carbocycles. The van der Waals surface area contributed by atoms with Gasteiger partial charge in [-0.2, -0.15) is 13.2 Å². The highest BCUT2D eigenvalue weighted by molar-refractivity contribution is 7.93. The molecule has 0 bridgehead atoms. The van der Waals surface area contributed by atoms with E-state index < -0.39 is 24.0 Å². The van der Waals surface area contributed by atoms with Crippen molar-refractivity contribution >= 4 is 18.3 Å². The van der Waals surface area contributed by atoms with Crippen LogP contribution in [0.3, 0.4) is 0 Å². The highest BCUT2D eigenvalue weighted by Gasteiger charge is 2.33. The summed E-state index contributed by atoms with van der Waals surface area (Å²) in [7, 11) is 0. The molecule has 9 heteroatoms. The molecule has 0 unspecified atom stereocenters. The van der Waals surface area contributed by atoms with E-state index in [4.69, 9.17) is 9.29 Å². The average molecular weight is 294 g/mol. The molecule has 1 aliphatic rings. The Bertz CT molecular complexity index is 466. The molecule has 5 nitrogen and oxygen atoms in total. The number of carbonyl (C=O) groups is 1. The molecule has 1 amide bonds. The number of amides is 1. The van der Waals surface area contributed by atoms with Gasteiger partial charge in [-0.15, -0.1) is 0 Å². The second kappa shape index (κ2) is 5.25. The number of nitrogens with zero attached hydrogens (tertiary/aromatic N) is 2. The zero-order chi connectivity index (χ0) is 14.0. The number of hydrogen-bond donors (Lipinski definition) is 1. The molecule has 104 valence electrons. The summed E-state index contributed by atoms with van der Waals surface area (Å²) >= 11 is 0.719. The second-order valence-electron chi connectivity index (χ2n) is 3.87. The minimum Gasteiger partial charge on any atom is -0.464 e. The predicted molar refractivity (Wildman–Crippen MR) is 60.1 cm³/mol. The van der Waals surface area contributed by atoms with Crippen LogP contribution in [0.4, 0.5) is 18.0 Å². The smallest absolute Gasteiger partial charge is 0.433 e. The number of rotatable bonds is 2. The van der Waals surface area contributed by atoms with Crippen LogP contribution in [0.5, 0.6) is 0 Å². The zero-order valence-corrected chi connectivity index (χ0v) is 10.2. The molecule has 0 radical (unpaired) electrons. The molecule has 2 rings (SSSR count). The molecule has 0 aliphatic carbocycles. The third kappa shape index (κ3) is 3.29. The van der Waals surface area contributed by atoms with Gasteiger partial charge in [0.1, 0.15) is 17.9 Å². The van der Waals surface area contributed by atoms with Gasteiger partial charge in [-0.1, -0.05) is 6.07 Å². The van der Waals surface area contributed by atoms with E-state index in [-0.39, 0.29) is 13.0 Å². The van der Waals surface area contributed by atoms with Crippen molar-refractivity contribution in [3.05, 3.63) is 29.6 Å². The molecule has 1 saturated heterocycles. The lowest BCUT2D eigenvalue weighted by molar-refractivity contribution is -0.141. The average Bonchev–Trinajstić information content (AvgIpc) is 2.77. The quantitative estimate of drug-likeness (QED) is 0.671. The van der Waals surface area contributed by atoms with E-state index in [2.05, 4.69) is 4.98 Å². The number of carboxylic acid groups (broad SMARTS) is 1. The molecule has 1 N–H and O–H groups in total. The molecular weight excluding hydrogens is 285 g/mol. The van der Waals surface area contributed by atoms with Crippen LogP contribution >= 0.6 is 12.2 Å². The fourth-order valence-electron chi connectivity index (χ4n) is 1.61. The van der Waals surface area contributed by atoms with E-state index in [0.717, 1.165) is 28.8 Å². The number of halogens is 3. The normalized spacial score (nSPS) is 19.7. The molecule has 1 aromatic rings. The summed E-state index contributed by atoms with van der Waals surface area (Å²) in [6, 6.07) is 1.74. The number of hydrogen-bond acceptors (Lipinski definition) is 4. The molecule has 1 atom stereocenters. The first-order chi connectivity index (χ1) is 8.88. The first-order valence-electron chi connectivity index (χ1n) is 5.22. The summed E-state index contributed by atoms with van der Waals surface area (Å²) in [5.74, 6) is 0. The van der Waals surface area contributed by atoms with Gasteiger partial charge >= 0.3 is 12.3 Å². The Hall–Kier alpha value is -1.48. The van der Waals surface area contributed by atoms with E-state index in [1.54, 1.807) is 0 Å². The third-order valence-electron chi connectivity index (χ3n) is 2.50. The molecule has 1 aromatic heterocycles. The van der Waals surface area contributed by atoms with Crippen molar-refractivity contribution in [2.75, 3.05) is 6.61 Å². The Morgan fingerprint density at radius 3 is 2.84 bits per heavy atom. The van der Waals surface area contributed by atoms with Crippen LogP contribution in [0.15, 0.2) is 18.3 Å². The van der Waals surface area contributed by atoms with E-state index in [9.17, 15) is 18.0 Å². The lowest BCUT2D eigenvalue weighted by Gasteiger charge is -2.17. The maximum atomic E-state index is 12.3. The predicted octanol–water partition coefficient (Wildman–Crippen LogP) is 2.58. The van der Waals surface area contributed by atoms with Crippen molar-refractivity contribution in [3.8, 4) is 0 Å². The van der Waals surface area contributed by atoms with Crippen LogP contribution < -0.4 is 0 Å². The summed E-state index contributed by atoms with van der Waals surface area (Å²) in [4.78, 5) is 14.2. The van der Waals surface area contributed by atoms with Gasteiger partial charge in [-0.05, 0) is 18.1 Å². The fourth-order valence-corrected chi connectivity index (χ4v) is 2.26. The highest BCUT2D eigenvalue weighted by Crippen LogP contribution is 2.29. The van der Waals surface area contributed by atoms with Crippen LogP contribution in [0.1, 0.15) is 11.3 Å². The summed E-state index contributed by atoms with van der Waals surface area (Å²) in [6.07, 6.45) is -4.26. The van der Waals surface area contributed by atoms with Crippen molar-refractivity contribution in [1.82, 2.24) is 9.29 Å². The van der Waals surface area contributed by atoms with Crippen LogP contribution in [-0.2, 0) is 16.8 Å². The molecule has 1 aliphatic heterocycles. The van der Waals surface area contributed by atoms with E-state index >= 15 is 0 Å². The topological polar surface area (TPSA) is 62.7 Å². The van der Waals surface area contributed by atoms with Gasteiger partial charge in [0.2, 0.25) is 0 Å². The first kappa shape index (κ1) is 13.9. The van der Waals surface area contributed by atoms with Gasteiger partial charge in [0.15, 0.2) is 0 Å². The zero-order valence-electron chi connectivity index (χ0n) is 9.42. The Kier molecular flexibility index (Phi) is 3.85. The Morgan fingerprint density at radius 1 is 1.58 bits per heavy atom. The fraction of sp³-hybridized carbons (Fsp3) is 0.400. The van der Waals surface area contributed by atoms with Crippen LogP contribution in [-0.4, -0.2) is 33.1 Å². The van der Waals surface area contributed by atoms with Gasteiger partial charge in [0, 0.05) is 6.20 Å². The molecule has 0 aromatic carbocycles. The first-order valence-corrected chi connectivity index (χ1v) is 5.91. The number of aromatic nitrogens is 1. The van der Waals surface area contributed by atoms with Crippen molar-refractivity contribution in [2.24, 2.45) is 0 Å². The summed E-state index contributed by atoms with van der Waals surface area (Å²) in [6.45, 7) is 0.192. The van der Waals surface area contributed by atoms with Crippen molar-refractivity contribution in [1.29, 1.82) is 0 Å². The Balaban J connectivity index is 2.06. The van der Waals surface area contributed by atoms with Gasteiger partial charge < -0.3 is 5.11 Å². The van der Waals surface area contributed by atoms with Crippen molar-refractivity contribution < 1.29 is 27.3 Å². The number of pyridine rings is 1. The minimum absolute atomic E-state index is 0.192. The Morgan fingerprint density at radius 2 is 2.32 bits per heavy atom. The SMILES string of the molecule is O=C(O)N1SOC[C@@H]1Cc1ccc(C(F)(F)F)nc1. The van der Waals surface area contributed by atoms with E-state index in [1.807, 2.05) is 0 Å². The second-order valence-corrected chi connectivity index (χ2v) is 4.65. The third-order valence-corrected chi connectivity index (χ3v) is 3.36. The summed E-state index contributed by atoms with van der Waals surface area (Å²) in [5, 5.41) is 8.87. The van der Waals surface area contributed by atoms with Gasteiger partial charge in [-0.3, -0.25) is 9.17 Å². The van der Waals surface area contributed by atoms with E-state index in [1.165, 1.54) is 6.07 Å². The van der Waals surface area contributed by atoms with Crippen molar-refractivity contribution in [3.63, 3.8) is 0 Å². The highest BCUT2D eigenvalue weighted by atomic mass is 32.2. The maximum Gasteiger partial charge on any atom is 0.433 e. The van der Waals surface area contributed by atoms with Crippen LogP contribution in [0.25, 0.3) is 0 Å². The number of alkyl halides is 3. The molecule has 2 heterocycles. The van der Waals surface area contributed by atoms with Gasteiger partial charge in [0.05, 0.1) is 12.6 Å². The van der Waals surface area contributed by atoms with Gasteiger partial charge in [-0.25, -0.2) is 9.10 Å². The standard InChI is InChI=1S/C10H9F3N2O3S/c11-10(12,13)8-2-1-6(4-14-8)3-7-5-18-19-15(7)9(16)17/h1-2,4,7H,3,5H2,(H,16,17)/t7-/m0/s1. The lowest BCUT2D eigenvalue weighted by atomic mass is 10.1. The van der Waals surface area contributed by atoms with Crippen LogP contribution in [0, 0.1) is 0 Å². The molecule has 0 spiro atoms. The van der Waals surface area contributed by atoms with E-state index in [0.29, 0.717) is 5.56 Å².